The number of aliphatic hydroxyl groups is 3. The molecular weight excluding hydrogens is 591 g/mol. The van der Waals surface area contributed by atoms with Gasteiger partial charge in [0.15, 0.2) is 22.5 Å². The molecule has 7 N–H and O–H groups in total. The lowest BCUT2D eigenvalue weighted by molar-refractivity contribution is -0.119. The van der Waals surface area contributed by atoms with Gasteiger partial charge >= 0.3 is 7.75 Å². The molecule has 3 unspecified atom stereocenters. The summed E-state index contributed by atoms with van der Waals surface area (Å²) in [6, 6.07) is 9.10. The van der Waals surface area contributed by atoms with Gasteiger partial charge in [0.1, 0.15) is 17.8 Å². The van der Waals surface area contributed by atoms with Crippen LogP contribution in [0.25, 0.3) is 11.2 Å². The topological polar surface area (TPSA) is 224 Å². The summed E-state index contributed by atoms with van der Waals surface area (Å²) in [4.78, 5) is 34.9. The van der Waals surface area contributed by atoms with Crippen LogP contribution in [0.5, 0.6) is 0 Å². The number of rotatable bonds is 13. The zero-order chi connectivity index (χ0) is 30.7. The van der Waals surface area contributed by atoms with Crippen LogP contribution in [0.2, 0.25) is 0 Å². The van der Waals surface area contributed by atoms with Crippen LogP contribution in [0.4, 0.5) is 5.95 Å². The summed E-state index contributed by atoms with van der Waals surface area (Å²) in [5.74, 6) is -0.0277. The number of carbonyl (C=O) groups is 1. The number of H-pyrrole nitrogens is 1. The summed E-state index contributed by atoms with van der Waals surface area (Å²) in [5.41, 5.74) is 3.04. The van der Waals surface area contributed by atoms with Crippen molar-refractivity contribution in [3.8, 4) is 0 Å². The van der Waals surface area contributed by atoms with Gasteiger partial charge in [0.25, 0.3) is 5.56 Å². The van der Waals surface area contributed by atoms with E-state index in [9.17, 15) is 29.5 Å². The number of nitrogens with one attached hydrogen (secondary N) is 2. The molecule has 1 saturated heterocycles. The lowest BCUT2D eigenvalue weighted by atomic mass is 9.95. The van der Waals surface area contributed by atoms with E-state index >= 15 is 0 Å². The molecule has 1 aliphatic rings. The van der Waals surface area contributed by atoms with E-state index in [-0.39, 0.29) is 47.7 Å². The summed E-state index contributed by atoms with van der Waals surface area (Å²) >= 11 is 0.934. The third-order valence-electron chi connectivity index (χ3n) is 6.79. The Bertz CT molecular complexity index is 1500. The van der Waals surface area contributed by atoms with Gasteiger partial charge in [0.2, 0.25) is 5.95 Å². The highest BCUT2D eigenvalue weighted by atomic mass is 32.2. The zero-order valence-corrected chi connectivity index (χ0v) is 25.0. The molecule has 1 aliphatic heterocycles. The second kappa shape index (κ2) is 12.9. The molecule has 1 fully saturated rings. The molecule has 0 saturated carbocycles. The number of aromatic amines is 1. The highest BCUT2D eigenvalue weighted by Gasteiger charge is 2.54. The minimum atomic E-state index is -4.04. The zero-order valence-electron chi connectivity index (χ0n) is 23.3. The van der Waals surface area contributed by atoms with Crippen LogP contribution in [-0.4, -0.2) is 83.3 Å². The first-order valence-corrected chi connectivity index (χ1v) is 15.5. The first-order chi connectivity index (χ1) is 19.8. The fourth-order valence-corrected chi connectivity index (χ4v) is 6.27. The van der Waals surface area contributed by atoms with Gasteiger partial charge in [-0.05, 0) is 26.3 Å². The van der Waals surface area contributed by atoms with E-state index in [0.29, 0.717) is 0 Å². The molecule has 3 aromatic rings. The van der Waals surface area contributed by atoms with Gasteiger partial charge in [0.05, 0.1) is 31.6 Å². The molecule has 42 heavy (non-hydrogen) atoms. The number of anilines is 1. The Hall–Kier alpha value is -2.66. The summed E-state index contributed by atoms with van der Waals surface area (Å²) in [6.45, 7) is 3.76. The Morgan fingerprint density at radius 2 is 2.05 bits per heavy atom. The number of nitrogen functional groups attached to an aromatic ring is 1. The molecule has 0 spiro atoms. The molecule has 17 heteroatoms. The first kappa shape index (κ1) is 32.3. The number of aromatic nitrogens is 4. The quantitative estimate of drug-likeness (QED) is 0.115. The number of thioether (sulfide) groups is 1. The monoisotopic (exact) mass is 626 g/mol. The number of imidazole rings is 1. The molecule has 0 radical (unpaired) electrons. The van der Waals surface area contributed by atoms with Gasteiger partial charge in [-0.3, -0.25) is 28.2 Å². The van der Waals surface area contributed by atoms with Crippen molar-refractivity contribution in [2.24, 2.45) is 5.41 Å². The maximum atomic E-state index is 13.7. The molecule has 0 bridgehead atoms. The van der Waals surface area contributed by atoms with Gasteiger partial charge in [-0.15, -0.1) is 0 Å². The smallest absolute Gasteiger partial charge is 0.395 e. The largest absolute Gasteiger partial charge is 0.405 e. The van der Waals surface area contributed by atoms with Gasteiger partial charge in [0, 0.05) is 12.3 Å². The second-order valence-corrected chi connectivity index (χ2v) is 13.5. The third-order valence-corrected chi connectivity index (χ3v) is 9.53. The first-order valence-electron chi connectivity index (χ1n) is 13.0. The predicted octanol–water partition coefficient (Wildman–Crippen LogP) is 0.921. The number of hydrogen-bond donors (Lipinski definition) is 6. The summed E-state index contributed by atoms with van der Waals surface area (Å²) in [7, 11) is -4.04. The predicted molar refractivity (Wildman–Crippen MR) is 154 cm³/mol. The molecule has 2 aromatic heterocycles. The Morgan fingerprint density at radius 1 is 1.33 bits per heavy atom. The van der Waals surface area contributed by atoms with Crippen molar-refractivity contribution in [3.05, 3.63) is 52.6 Å². The van der Waals surface area contributed by atoms with Gasteiger partial charge < -0.3 is 25.8 Å². The standard InChI is InChI=1S/C25H35N6O9PS/c1-24(2,13-32)22(35)42-10-9-38-41(37,28-11-15-7-5-4-6-8-15)39-12-16-25(3,36)18(33)21(40-16)31-14-27-17-19(31)29-23(26)30-20(17)34/h4-8,14,16,18,21,32-33,36H,9-13H2,1-3H3,(H,28,37)(H3,26,29,30,34)/t16-,18?,21-,25?,41?/m1/s1. The number of benzene rings is 1. The van der Waals surface area contributed by atoms with Gasteiger partial charge in [-0.25, -0.2) is 14.6 Å². The Balaban J connectivity index is 1.47. The van der Waals surface area contributed by atoms with E-state index in [1.807, 2.05) is 30.3 Å². The lowest BCUT2D eigenvalue weighted by Crippen LogP contribution is -2.46. The molecular formula is C25H35N6O9PS. The van der Waals surface area contributed by atoms with E-state index in [1.54, 1.807) is 13.8 Å². The highest BCUT2D eigenvalue weighted by Crippen LogP contribution is 2.47. The number of hydrogen-bond acceptors (Lipinski definition) is 13. The van der Waals surface area contributed by atoms with Crippen molar-refractivity contribution in [3.63, 3.8) is 0 Å². The normalized spacial score (nSPS) is 24.2. The van der Waals surface area contributed by atoms with Crippen LogP contribution < -0.4 is 16.4 Å². The van der Waals surface area contributed by atoms with Crippen LogP contribution in [-0.2, 0) is 29.7 Å². The second-order valence-electron chi connectivity index (χ2n) is 10.6. The fourth-order valence-electron chi connectivity index (χ4n) is 4.04. The van der Waals surface area contributed by atoms with Gasteiger partial charge in [-0.1, -0.05) is 42.1 Å². The Morgan fingerprint density at radius 3 is 2.74 bits per heavy atom. The third kappa shape index (κ3) is 7.10. The molecule has 15 nitrogen and oxygen atoms in total. The van der Waals surface area contributed by atoms with Crippen LogP contribution >= 0.6 is 19.5 Å². The van der Waals surface area contributed by atoms with Crippen molar-refractivity contribution in [1.29, 1.82) is 0 Å². The number of ether oxygens (including phenoxy) is 1. The van der Waals surface area contributed by atoms with Crippen molar-refractivity contribution >= 4 is 41.7 Å². The minimum absolute atomic E-state index is 0.0348. The van der Waals surface area contributed by atoms with E-state index in [2.05, 4.69) is 20.0 Å². The maximum absolute atomic E-state index is 13.7. The Labute approximate surface area is 245 Å². The SMILES string of the molecule is CC(C)(CO)C(=O)SCCOP(=O)(NCc1ccccc1)OC[C@H]1O[C@@H](n2cnc3c(=O)[nH]c(N)nc32)C(O)C1(C)O. The Kier molecular flexibility index (Phi) is 9.92. The van der Waals surface area contributed by atoms with Crippen LogP contribution in [0.15, 0.2) is 41.5 Å². The van der Waals surface area contributed by atoms with Crippen LogP contribution in [0.1, 0.15) is 32.6 Å². The van der Waals surface area contributed by atoms with E-state index in [4.69, 9.17) is 19.5 Å². The van der Waals surface area contributed by atoms with Crippen molar-refractivity contribution in [2.45, 2.75) is 51.4 Å². The van der Waals surface area contributed by atoms with E-state index < -0.39 is 49.4 Å². The number of carbonyl (C=O) groups excluding carboxylic acids is 1. The lowest BCUT2D eigenvalue weighted by Gasteiger charge is -2.27. The van der Waals surface area contributed by atoms with Crippen molar-refractivity contribution in [1.82, 2.24) is 24.6 Å². The number of aliphatic hydroxyl groups excluding tert-OH is 2. The average molecular weight is 627 g/mol. The van der Waals surface area contributed by atoms with Crippen molar-refractivity contribution < 1.29 is 38.5 Å². The van der Waals surface area contributed by atoms with Crippen LogP contribution in [0, 0.1) is 5.41 Å². The summed E-state index contributed by atoms with van der Waals surface area (Å²) in [6.07, 6.45) is -2.74. The summed E-state index contributed by atoms with van der Waals surface area (Å²) < 4.78 is 32.2. The van der Waals surface area contributed by atoms with E-state index in [0.717, 1.165) is 17.3 Å². The fraction of sp³-hybridized carbons (Fsp3) is 0.520. The van der Waals surface area contributed by atoms with Crippen molar-refractivity contribution in [2.75, 3.05) is 31.3 Å². The van der Waals surface area contributed by atoms with Gasteiger partial charge in [-0.2, -0.15) is 4.98 Å². The molecule has 1 aromatic carbocycles. The average Bonchev–Trinajstić information content (AvgIpc) is 3.47. The summed E-state index contributed by atoms with van der Waals surface area (Å²) in [5, 5.41) is 34.0. The molecule has 4 rings (SSSR count). The van der Waals surface area contributed by atoms with Crippen LogP contribution in [0.3, 0.4) is 0 Å². The highest BCUT2D eigenvalue weighted by molar-refractivity contribution is 8.13. The molecule has 3 heterocycles. The molecule has 230 valence electrons. The number of fused-ring (bicyclic) bond motifs is 1. The molecule has 5 atom stereocenters. The number of nitrogens with zero attached hydrogens (tertiary/aromatic N) is 3. The number of nitrogens with two attached hydrogens (primary N) is 1. The maximum Gasteiger partial charge on any atom is 0.405 e. The molecule has 0 amide bonds. The van der Waals surface area contributed by atoms with E-state index in [1.165, 1.54) is 17.8 Å². The molecule has 0 aliphatic carbocycles. The minimum Gasteiger partial charge on any atom is -0.395 e.